The van der Waals surface area contributed by atoms with Crippen LogP contribution in [0, 0.1) is 5.92 Å². The summed E-state index contributed by atoms with van der Waals surface area (Å²) in [6, 6.07) is 16.3. The zero-order chi connectivity index (χ0) is 23.3. The average molecular weight is 455 g/mol. The molecule has 2 aromatic carbocycles. The summed E-state index contributed by atoms with van der Waals surface area (Å²) in [5, 5.41) is 21.5. The van der Waals surface area contributed by atoms with Crippen LogP contribution in [0.1, 0.15) is 28.7 Å². The van der Waals surface area contributed by atoms with E-state index in [9.17, 15) is 4.79 Å². The van der Waals surface area contributed by atoms with Gasteiger partial charge in [0.15, 0.2) is 6.61 Å². The topological polar surface area (TPSA) is 90.1 Å². The molecule has 4 aromatic rings. The predicted molar refractivity (Wildman–Crippen MR) is 128 cm³/mol. The number of fused-ring (bicyclic) bond motifs is 1. The molecule has 0 radical (unpaired) electrons. The molecule has 5 rings (SSSR count). The van der Waals surface area contributed by atoms with Crippen LogP contribution in [0.4, 0.5) is 0 Å². The highest BCUT2D eigenvalue weighted by atomic mass is 16.5. The number of ether oxygens (including phenoxy) is 1. The Hall–Kier alpha value is -4.00. The Labute approximate surface area is 198 Å². The van der Waals surface area contributed by atoms with Crippen molar-refractivity contribution in [3.63, 3.8) is 0 Å². The monoisotopic (exact) mass is 454 g/mol. The zero-order valence-corrected chi connectivity index (χ0v) is 18.8. The maximum absolute atomic E-state index is 10.9. The Morgan fingerprint density at radius 2 is 2.00 bits per heavy atom. The summed E-state index contributed by atoms with van der Waals surface area (Å²) in [6.45, 7) is 0.548. The lowest BCUT2D eigenvalue weighted by molar-refractivity contribution is -0.139. The quantitative estimate of drug-likeness (QED) is 0.429. The molecule has 2 aromatic heterocycles. The second kappa shape index (κ2) is 9.87. The molecule has 0 saturated carbocycles. The average Bonchev–Trinajstić information content (AvgIpc) is 3.30. The van der Waals surface area contributed by atoms with Crippen LogP contribution in [0.3, 0.4) is 0 Å². The van der Waals surface area contributed by atoms with Gasteiger partial charge in [-0.05, 0) is 65.1 Å². The van der Waals surface area contributed by atoms with Gasteiger partial charge in [0.05, 0.1) is 18.6 Å². The molecule has 7 nitrogen and oxygen atoms in total. The molecule has 1 unspecified atom stereocenters. The predicted octanol–water partition coefficient (Wildman–Crippen LogP) is 4.20. The zero-order valence-electron chi connectivity index (χ0n) is 18.8. The molecule has 34 heavy (non-hydrogen) atoms. The van der Waals surface area contributed by atoms with Crippen LogP contribution >= 0.6 is 0 Å². The number of carboxylic acid groups (broad SMARTS) is 1. The molecule has 0 fully saturated rings. The number of carboxylic acids is 1. The van der Waals surface area contributed by atoms with E-state index < -0.39 is 5.97 Å². The molecule has 0 saturated heterocycles. The third-order valence-corrected chi connectivity index (χ3v) is 6.33. The number of benzene rings is 2. The van der Waals surface area contributed by atoms with Gasteiger partial charge in [-0.25, -0.2) is 4.79 Å². The number of aliphatic carboxylic acids is 1. The van der Waals surface area contributed by atoms with Crippen LogP contribution in [-0.2, 0) is 30.6 Å². The van der Waals surface area contributed by atoms with Crippen LogP contribution in [0.15, 0.2) is 73.3 Å². The van der Waals surface area contributed by atoms with Crippen LogP contribution in [0.2, 0.25) is 0 Å². The first-order chi connectivity index (χ1) is 16.7. The highest BCUT2D eigenvalue weighted by molar-refractivity contribution is 5.68. The van der Waals surface area contributed by atoms with E-state index in [1.54, 1.807) is 12.4 Å². The Morgan fingerprint density at radius 3 is 2.85 bits per heavy atom. The number of hydrogen-bond acceptors (Lipinski definition) is 5. The highest BCUT2D eigenvalue weighted by Gasteiger charge is 2.22. The molecule has 0 spiro atoms. The van der Waals surface area contributed by atoms with Crippen molar-refractivity contribution in [1.82, 2.24) is 20.0 Å². The van der Waals surface area contributed by atoms with Crippen LogP contribution < -0.4 is 4.74 Å². The summed E-state index contributed by atoms with van der Waals surface area (Å²) in [7, 11) is 0. The van der Waals surface area contributed by atoms with Gasteiger partial charge in [-0.1, -0.05) is 36.4 Å². The van der Waals surface area contributed by atoms with Crippen molar-refractivity contribution in [2.24, 2.45) is 5.92 Å². The molecule has 1 atom stereocenters. The molecule has 2 heterocycles. The summed E-state index contributed by atoms with van der Waals surface area (Å²) in [5.41, 5.74) is 7.01. The van der Waals surface area contributed by atoms with Gasteiger partial charge >= 0.3 is 5.97 Å². The number of hydrogen-bond donors (Lipinski definition) is 1. The molecule has 1 aliphatic carbocycles. The molecule has 0 amide bonds. The Bertz CT molecular complexity index is 1290. The van der Waals surface area contributed by atoms with Gasteiger partial charge in [-0.15, -0.1) is 0 Å². The summed E-state index contributed by atoms with van der Waals surface area (Å²) in [5.74, 6) is 0.216. The lowest BCUT2D eigenvalue weighted by atomic mass is 9.83. The van der Waals surface area contributed by atoms with E-state index in [1.807, 2.05) is 35.1 Å². The molecular weight excluding hydrogens is 428 g/mol. The summed E-state index contributed by atoms with van der Waals surface area (Å²) < 4.78 is 7.54. The Balaban J connectivity index is 1.25. The fraction of sp³-hybridized carbons (Fsp3) is 0.259. The van der Waals surface area contributed by atoms with Gasteiger partial charge in [-0.3, -0.25) is 4.68 Å². The second-order valence-corrected chi connectivity index (χ2v) is 8.72. The standard InChI is InChI=1S/C27H26N4O3/c32-27(33)18-34-26-7-3-5-22-12-19(8-9-25(22)26)16-31-17-20(14-30-31)13-21-4-1-2-6-24(21)23-10-11-28-29-15-23/h1-7,10-11,14-15,17,19H,8-9,12-13,16,18H2,(H,32,33). The third kappa shape index (κ3) is 4.98. The van der Waals surface area contributed by atoms with Crippen molar-refractivity contribution in [2.75, 3.05) is 6.61 Å². The molecule has 1 aliphatic rings. The Kier molecular flexibility index (Phi) is 6.33. The minimum absolute atomic E-state index is 0.309. The van der Waals surface area contributed by atoms with Crippen molar-refractivity contribution in [2.45, 2.75) is 32.2 Å². The minimum Gasteiger partial charge on any atom is -0.482 e. The van der Waals surface area contributed by atoms with Crippen molar-refractivity contribution >= 4 is 5.97 Å². The molecule has 7 heteroatoms. The van der Waals surface area contributed by atoms with E-state index in [0.717, 1.165) is 48.9 Å². The number of carbonyl (C=O) groups is 1. The van der Waals surface area contributed by atoms with Crippen LogP contribution in [0.25, 0.3) is 11.1 Å². The van der Waals surface area contributed by atoms with E-state index in [1.165, 1.54) is 16.7 Å². The van der Waals surface area contributed by atoms with E-state index in [4.69, 9.17) is 9.84 Å². The lowest BCUT2D eigenvalue weighted by Crippen LogP contribution is -2.21. The fourth-order valence-corrected chi connectivity index (χ4v) is 4.77. The number of rotatable bonds is 8. The van der Waals surface area contributed by atoms with Crippen molar-refractivity contribution in [3.05, 3.63) is 95.6 Å². The summed E-state index contributed by atoms with van der Waals surface area (Å²) >= 11 is 0. The normalized spacial score (nSPS) is 15.0. The first kappa shape index (κ1) is 21.8. The molecule has 0 aliphatic heterocycles. The van der Waals surface area contributed by atoms with E-state index in [-0.39, 0.29) is 6.61 Å². The molecule has 172 valence electrons. The summed E-state index contributed by atoms with van der Waals surface area (Å²) in [4.78, 5) is 10.9. The summed E-state index contributed by atoms with van der Waals surface area (Å²) in [6.07, 6.45) is 11.3. The minimum atomic E-state index is -0.958. The molecule has 1 N–H and O–H groups in total. The van der Waals surface area contributed by atoms with E-state index in [0.29, 0.717) is 11.7 Å². The van der Waals surface area contributed by atoms with E-state index in [2.05, 4.69) is 45.8 Å². The highest BCUT2D eigenvalue weighted by Crippen LogP contribution is 2.33. The van der Waals surface area contributed by atoms with Crippen molar-refractivity contribution < 1.29 is 14.6 Å². The van der Waals surface area contributed by atoms with Crippen LogP contribution in [0.5, 0.6) is 5.75 Å². The number of nitrogens with zero attached hydrogens (tertiary/aromatic N) is 4. The van der Waals surface area contributed by atoms with E-state index >= 15 is 0 Å². The van der Waals surface area contributed by atoms with Gasteiger partial charge < -0.3 is 9.84 Å². The van der Waals surface area contributed by atoms with Gasteiger partial charge in [-0.2, -0.15) is 15.3 Å². The largest absolute Gasteiger partial charge is 0.482 e. The van der Waals surface area contributed by atoms with Gasteiger partial charge in [0, 0.05) is 24.7 Å². The maximum atomic E-state index is 10.9. The lowest BCUT2D eigenvalue weighted by Gasteiger charge is -2.26. The SMILES string of the molecule is O=C(O)COc1cccc2c1CCC(Cn1cc(Cc3ccccc3-c3ccnnc3)cn1)C2. The van der Waals surface area contributed by atoms with Gasteiger partial charge in [0.2, 0.25) is 0 Å². The first-order valence-corrected chi connectivity index (χ1v) is 11.5. The Morgan fingerprint density at radius 1 is 1.09 bits per heavy atom. The number of aromatic nitrogens is 4. The molecular formula is C27H26N4O3. The van der Waals surface area contributed by atoms with Gasteiger partial charge in [0.1, 0.15) is 5.75 Å². The van der Waals surface area contributed by atoms with Crippen molar-refractivity contribution in [3.8, 4) is 16.9 Å². The first-order valence-electron chi connectivity index (χ1n) is 11.5. The molecule has 0 bridgehead atoms. The maximum Gasteiger partial charge on any atom is 0.341 e. The third-order valence-electron chi connectivity index (χ3n) is 6.33. The second-order valence-electron chi connectivity index (χ2n) is 8.72. The van der Waals surface area contributed by atoms with Crippen molar-refractivity contribution in [1.29, 1.82) is 0 Å². The van der Waals surface area contributed by atoms with Crippen LogP contribution in [-0.4, -0.2) is 37.7 Å². The smallest absolute Gasteiger partial charge is 0.341 e. The fourth-order valence-electron chi connectivity index (χ4n) is 4.77. The van der Waals surface area contributed by atoms with Gasteiger partial charge in [0.25, 0.3) is 0 Å².